The highest BCUT2D eigenvalue weighted by molar-refractivity contribution is 5.92. The molecule has 0 aromatic carbocycles. The van der Waals surface area contributed by atoms with Gasteiger partial charge < -0.3 is 5.11 Å². The molecule has 1 N–H and O–H groups in total. The average molecular weight is 389 g/mol. The summed E-state index contributed by atoms with van der Waals surface area (Å²) in [7, 11) is 0. The van der Waals surface area contributed by atoms with Crippen LogP contribution in [0.3, 0.4) is 0 Å². The SMILES string of the molecule is C[C@@H](CCC(=O)O)[C@H]1CC[C@H]2[C@H]3C(=O)C[C@@H]4CCCC[C@]4(C)[C@H]3CC(=O)[C@]12C. The molecule has 4 fully saturated rings. The minimum atomic E-state index is -0.764. The van der Waals surface area contributed by atoms with Crippen molar-refractivity contribution in [2.45, 2.75) is 85.0 Å². The third kappa shape index (κ3) is 2.81. The van der Waals surface area contributed by atoms with Gasteiger partial charge in [0.15, 0.2) is 0 Å². The standard InChI is InChI=1S/C24H36O4/c1-14(7-10-21(27)28)16-8-9-17-22-18(13-20(26)24(16,17)3)23(2)11-5-4-6-15(23)12-19(22)25/h14-18,22H,4-13H2,1-3H3,(H,27,28)/t14-,15-,16+,17-,18-,22+,23-,24+/m0/s1. The number of carbonyl (C=O) groups is 3. The van der Waals surface area contributed by atoms with Crippen LogP contribution < -0.4 is 0 Å². The van der Waals surface area contributed by atoms with Crippen LogP contribution in [0.25, 0.3) is 0 Å². The van der Waals surface area contributed by atoms with Crippen molar-refractivity contribution >= 4 is 17.5 Å². The summed E-state index contributed by atoms with van der Waals surface area (Å²) in [5.74, 6) is 1.39. The molecule has 0 radical (unpaired) electrons. The molecule has 4 aliphatic carbocycles. The van der Waals surface area contributed by atoms with E-state index >= 15 is 0 Å². The Kier molecular flexibility index (Phi) is 4.99. The Morgan fingerprint density at radius 2 is 1.86 bits per heavy atom. The number of ketones is 2. The Hall–Kier alpha value is -1.19. The van der Waals surface area contributed by atoms with Crippen molar-refractivity contribution in [1.82, 2.24) is 0 Å². The number of rotatable bonds is 4. The first-order chi connectivity index (χ1) is 13.2. The molecule has 0 heterocycles. The fourth-order valence-corrected chi connectivity index (χ4v) is 8.18. The molecule has 0 unspecified atom stereocenters. The van der Waals surface area contributed by atoms with Gasteiger partial charge in [0.2, 0.25) is 0 Å². The average Bonchev–Trinajstić information content (AvgIpc) is 3.00. The van der Waals surface area contributed by atoms with Gasteiger partial charge in [-0.25, -0.2) is 0 Å². The number of carbonyl (C=O) groups excluding carboxylic acids is 2. The second-order valence-electron chi connectivity index (χ2n) is 10.9. The first-order valence-corrected chi connectivity index (χ1v) is 11.5. The maximum absolute atomic E-state index is 13.6. The smallest absolute Gasteiger partial charge is 0.303 e. The maximum atomic E-state index is 13.6. The first kappa shape index (κ1) is 20.1. The van der Waals surface area contributed by atoms with E-state index in [0.29, 0.717) is 30.3 Å². The molecule has 0 saturated heterocycles. The van der Waals surface area contributed by atoms with Crippen LogP contribution in [0.15, 0.2) is 0 Å². The van der Waals surface area contributed by atoms with Crippen LogP contribution in [-0.2, 0) is 14.4 Å². The van der Waals surface area contributed by atoms with Crippen LogP contribution in [-0.4, -0.2) is 22.6 Å². The van der Waals surface area contributed by atoms with Crippen molar-refractivity contribution in [3.8, 4) is 0 Å². The molecule has 0 bridgehead atoms. The van der Waals surface area contributed by atoms with Crippen LogP contribution in [0.1, 0.15) is 85.0 Å². The molecule has 8 atom stereocenters. The summed E-state index contributed by atoms with van der Waals surface area (Å²) in [5.41, 5.74) is -0.284. The first-order valence-electron chi connectivity index (χ1n) is 11.5. The quantitative estimate of drug-likeness (QED) is 0.744. The van der Waals surface area contributed by atoms with Gasteiger partial charge >= 0.3 is 5.97 Å². The van der Waals surface area contributed by atoms with E-state index in [1.807, 2.05) is 0 Å². The lowest BCUT2D eigenvalue weighted by atomic mass is 9.44. The van der Waals surface area contributed by atoms with E-state index in [1.54, 1.807) is 0 Å². The predicted octanol–water partition coefficient (Wildman–Crippen LogP) is 4.89. The minimum absolute atomic E-state index is 0.0544. The normalized spacial score (nSPS) is 46.5. The van der Waals surface area contributed by atoms with Gasteiger partial charge in [-0.1, -0.05) is 33.6 Å². The molecule has 0 amide bonds. The van der Waals surface area contributed by atoms with E-state index in [1.165, 1.54) is 19.3 Å². The van der Waals surface area contributed by atoms with Crippen LogP contribution in [0.2, 0.25) is 0 Å². The Morgan fingerprint density at radius 3 is 2.57 bits per heavy atom. The molecule has 28 heavy (non-hydrogen) atoms. The van der Waals surface area contributed by atoms with Crippen molar-refractivity contribution in [3.63, 3.8) is 0 Å². The molecule has 0 aliphatic heterocycles. The monoisotopic (exact) mass is 388 g/mol. The third-order valence-corrected chi connectivity index (χ3v) is 9.82. The van der Waals surface area contributed by atoms with E-state index in [2.05, 4.69) is 20.8 Å². The highest BCUT2D eigenvalue weighted by Crippen LogP contribution is 2.66. The topological polar surface area (TPSA) is 71.4 Å². The zero-order valence-corrected chi connectivity index (χ0v) is 17.7. The minimum Gasteiger partial charge on any atom is -0.481 e. The van der Waals surface area contributed by atoms with Gasteiger partial charge in [-0.15, -0.1) is 0 Å². The van der Waals surface area contributed by atoms with E-state index in [0.717, 1.165) is 25.7 Å². The number of aliphatic carboxylic acids is 1. The molecule has 156 valence electrons. The van der Waals surface area contributed by atoms with Crippen LogP contribution in [0, 0.1) is 46.3 Å². The van der Waals surface area contributed by atoms with E-state index in [-0.39, 0.29) is 41.4 Å². The van der Waals surface area contributed by atoms with Gasteiger partial charge in [-0.3, -0.25) is 14.4 Å². The zero-order valence-electron chi connectivity index (χ0n) is 17.7. The molecule has 0 spiro atoms. The zero-order chi connectivity index (χ0) is 20.3. The summed E-state index contributed by atoms with van der Waals surface area (Å²) in [6, 6.07) is 0. The highest BCUT2D eigenvalue weighted by Gasteiger charge is 2.65. The number of hydrogen-bond donors (Lipinski definition) is 1. The summed E-state index contributed by atoms with van der Waals surface area (Å²) in [5, 5.41) is 9.07. The lowest BCUT2D eigenvalue weighted by Gasteiger charge is -2.59. The number of fused-ring (bicyclic) bond motifs is 5. The number of carboxylic acids is 1. The van der Waals surface area contributed by atoms with Gasteiger partial charge in [-0.05, 0) is 67.1 Å². The molecule has 4 saturated carbocycles. The summed E-state index contributed by atoms with van der Waals surface area (Å²) in [6.45, 7) is 6.61. The molecule has 4 rings (SSSR count). The lowest BCUT2D eigenvalue weighted by Crippen LogP contribution is -2.59. The lowest BCUT2D eigenvalue weighted by molar-refractivity contribution is -0.165. The van der Waals surface area contributed by atoms with Gasteiger partial charge in [0.25, 0.3) is 0 Å². The summed E-state index contributed by atoms with van der Waals surface area (Å²) < 4.78 is 0. The molecular weight excluding hydrogens is 352 g/mol. The Bertz CT molecular complexity index is 684. The van der Waals surface area contributed by atoms with Crippen molar-refractivity contribution in [1.29, 1.82) is 0 Å². The second-order valence-corrected chi connectivity index (χ2v) is 10.9. The number of hydrogen-bond acceptors (Lipinski definition) is 3. The molecule has 0 aromatic heterocycles. The van der Waals surface area contributed by atoms with Crippen molar-refractivity contribution < 1.29 is 19.5 Å². The highest BCUT2D eigenvalue weighted by atomic mass is 16.4. The van der Waals surface area contributed by atoms with E-state index < -0.39 is 11.4 Å². The summed E-state index contributed by atoms with van der Waals surface area (Å²) in [4.78, 5) is 38.0. The van der Waals surface area contributed by atoms with E-state index in [4.69, 9.17) is 5.11 Å². The number of carboxylic acid groups (broad SMARTS) is 1. The largest absolute Gasteiger partial charge is 0.481 e. The molecule has 4 nitrogen and oxygen atoms in total. The van der Waals surface area contributed by atoms with Gasteiger partial charge in [0, 0.05) is 30.6 Å². The van der Waals surface area contributed by atoms with E-state index in [9.17, 15) is 14.4 Å². The van der Waals surface area contributed by atoms with Gasteiger partial charge in [0.1, 0.15) is 11.6 Å². The Labute approximate surface area is 168 Å². The summed E-state index contributed by atoms with van der Waals surface area (Å²) in [6.07, 6.45) is 8.77. The molecule has 0 aromatic rings. The van der Waals surface area contributed by atoms with Gasteiger partial charge in [-0.2, -0.15) is 0 Å². The molecular formula is C24H36O4. The third-order valence-electron chi connectivity index (χ3n) is 9.82. The number of Topliss-reactive ketones (excluding diaryl/α,β-unsaturated/α-hetero) is 2. The fourth-order valence-electron chi connectivity index (χ4n) is 8.18. The Morgan fingerprint density at radius 1 is 1.11 bits per heavy atom. The van der Waals surface area contributed by atoms with Crippen LogP contribution in [0.5, 0.6) is 0 Å². The van der Waals surface area contributed by atoms with Crippen LogP contribution in [0.4, 0.5) is 0 Å². The predicted molar refractivity (Wildman–Crippen MR) is 107 cm³/mol. The van der Waals surface area contributed by atoms with Crippen molar-refractivity contribution in [2.75, 3.05) is 0 Å². The van der Waals surface area contributed by atoms with Gasteiger partial charge in [0.05, 0.1) is 0 Å². The van der Waals surface area contributed by atoms with Crippen LogP contribution >= 0.6 is 0 Å². The summed E-state index contributed by atoms with van der Waals surface area (Å²) >= 11 is 0. The molecule has 4 heteroatoms. The van der Waals surface area contributed by atoms with Crippen molar-refractivity contribution in [2.24, 2.45) is 46.3 Å². The molecule has 4 aliphatic rings. The maximum Gasteiger partial charge on any atom is 0.303 e. The fraction of sp³-hybridized carbons (Fsp3) is 0.875. The Balaban J connectivity index is 1.63. The van der Waals surface area contributed by atoms with Crippen molar-refractivity contribution in [3.05, 3.63) is 0 Å². The second kappa shape index (κ2) is 6.95.